The summed E-state index contributed by atoms with van der Waals surface area (Å²) in [5, 5.41) is 0. The van der Waals surface area contributed by atoms with Gasteiger partial charge >= 0.3 is 5.97 Å². The maximum atomic E-state index is 12.7. The van der Waals surface area contributed by atoms with Gasteiger partial charge in [0, 0.05) is 18.0 Å². The fourth-order valence-electron chi connectivity index (χ4n) is 5.51. The van der Waals surface area contributed by atoms with Gasteiger partial charge in [-0.15, -0.1) is 0 Å². The molecule has 0 atom stereocenters. The number of hydrogen-bond acceptors (Lipinski definition) is 4. The maximum Gasteiger partial charge on any atom is 0.314 e. The van der Waals surface area contributed by atoms with Crippen LogP contribution in [0.1, 0.15) is 129 Å². The topological polar surface area (TPSA) is 52.1 Å². The third kappa shape index (κ3) is 11.0. The highest BCUT2D eigenvalue weighted by Gasteiger charge is 2.27. The van der Waals surface area contributed by atoms with Gasteiger partial charge in [0.05, 0.1) is 5.92 Å². The number of nitrogens with zero attached hydrogens (tertiary/aromatic N) is 2. The van der Waals surface area contributed by atoms with E-state index in [1.807, 2.05) is 36.7 Å². The van der Waals surface area contributed by atoms with Gasteiger partial charge in [0.1, 0.15) is 5.75 Å². The predicted octanol–water partition coefficient (Wildman–Crippen LogP) is 9.51. The first kappa shape index (κ1) is 29.3. The van der Waals surface area contributed by atoms with Crippen molar-refractivity contribution in [2.75, 3.05) is 0 Å². The van der Waals surface area contributed by atoms with Gasteiger partial charge in [-0.2, -0.15) is 0 Å². The third-order valence-corrected chi connectivity index (χ3v) is 8.00. The van der Waals surface area contributed by atoms with Crippen LogP contribution in [0.5, 0.6) is 5.75 Å². The van der Waals surface area contributed by atoms with Crippen molar-refractivity contribution in [1.82, 2.24) is 9.97 Å². The van der Waals surface area contributed by atoms with Gasteiger partial charge in [0.15, 0.2) is 5.82 Å². The molecule has 37 heavy (non-hydrogen) atoms. The zero-order valence-electron chi connectivity index (χ0n) is 23.6. The van der Waals surface area contributed by atoms with Crippen LogP contribution >= 0.6 is 0 Å². The van der Waals surface area contributed by atoms with Gasteiger partial charge in [-0.1, -0.05) is 90.9 Å². The van der Waals surface area contributed by atoms with Gasteiger partial charge in [0.2, 0.25) is 0 Å². The SMILES string of the molecule is CCCCCCCCCCCc1cnc(-c2ccc(OC(=O)[C@H]3CC[C@H](CCCCC)CC3)cc2)nc1. The van der Waals surface area contributed by atoms with Crippen molar-refractivity contribution >= 4 is 5.97 Å². The molecule has 1 heterocycles. The first-order chi connectivity index (χ1) is 18.2. The summed E-state index contributed by atoms with van der Waals surface area (Å²) in [4.78, 5) is 21.8. The molecule has 4 heteroatoms. The van der Waals surface area contributed by atoms with E-state index in [0.29, 0.717) is 5.75 Å². The Morgan fingerprint density at radius 2 is 1.32 bits per heavy atom. The molecule has 1 fully saturated rings. The van der Waals surface area contributed by atoms with Crippen LogP contribution in [0.25, 0.3) is 11.4 Å². The fourth-order valence-corrected chi connectivity index (χ4v) is 5.51. The first-order valence-corrected chi connectivity index (χ1v) is 15.3. The number of esters is 1. The predicted molar refractivity (Wildman–Crippen MR) is 154 cm³/mol. The zero-order valence-corrected chi connectivity index (χ0v) is 23.6. The van der Waals surface area contributed by atoms with Crippen molar-refractivity contribution in [1.29, 1.82) is 0 Å². The average Bonchev–Trinajstić information content (AvgIpc) is 2.93. The Morgan fingerprint density at radius 1 is 0.757 bits per heavy atom. The second kappa shape index (κ2) is 17.3. The number of aryl methyl sites for hydroxylation is 1. The second-order valence-electron chi connectivity index (χ2n) is 11.2. The summed E-state index contributed by atoms with van der Waals surface area (Å²) in [6.45, 7) is 4.52. The van der Waals surface area contributed by atoms with E-state index < -0.39 is 0 Å². The summed E-state index contributed by atoms with van der Waals surface area (Å²) in [5.74, 6) is 2.10. The number of hydrogen-bond donors (Lipinski definition) is 0. The van der Waals surface area contributed by atoms with Gasteiger partial charge in [-0.3, -0.25) is 4.79 Å². The van der Waals surface area contributed by atoms with E-state index in [1.165, 1.54) is 89.0 Å². The van der Waals surface area contributed by atoms with E-state index in [9.17, 15) is 4.79 Å². The normalized spacial score (nSPS) is 17.6. The minimum Gasteiger partial charge on any atom is -0.426 e. The molecule has 1 aliphatic rings. The summed E-state index contributed by atoms with van der Waals surface area (Å²) in [7, 11) is 0. The van der Waals surface area contributed by atoms with Gasteiger partial charge in [0.25, 0.3) is 0 Å². The quantitative estimate of drug-likeness (QED) is 0.122. The molecular formula is C33H50N2O2. The molecule has 1 aromatic heterocycles. The molecule has 0 spiro atoms. The lowest BCUT2D eigenvalue weighted by molar-refractivity contribution is -0.140. The third-order valence-electron chi connectivity index (χ3n) is 8.00. The van der Waals surface area contributed by atoms with Crippen molar-refractivity contribution in [3.8, 4) is 17.1 Å². The molecule has 0 unspecified atom stereocenters. The van der Waals surface area contributed by atoms with Crippen LogP contribution in [-0.4, -0.2) is 15.9 Å². The highest BCUT2D eigenvalue weighted by molar-refractivity contribution is 5.75. The Bertz CT molecular complexity index is 870. The minimum absolute atomic E-state index is 0.0452. The highest BCUT2D eigenvalue weighted by Crippen LogP contribution is 2.33. The molecule has 1 aromatic carbocycles. The Hall–Kier alpha value is -2.23. The molecule has 0 saturated heterocycles. The average molecular weight is 507 g/mol. The molecule has 0 aliphatic heterocycles. The summed E-state index contributed by atoms with van der Waals surface area (Å²) >= 11 is 0. The monoisotopic (exact) mass is 506 g/mol. The van der Waals surface area contributed by atoms with E-state index in [1.54, 1.807) is 0 Å². The molecule has 0 N–H and O–H groups in total. The number of rotatable bonds is 17. The van der Waals surface area contributed by atoms with Crippen molar-refractivity contribution in [2.45, 2.75) is 129 Å². The summed E-state index contributed by atoms with van der Waals surface area (Å²) in [6.07, 6.45) is 26.5. The molecule has 0 bridgehead atoms. The van der Waals surface area contributed by atoms with E-state index in [2.05, 4.69) is 23.8 Å². The molecule has 0 amide bonds. The lowest BCUT2D eigenvalue weighted by Gasteiger charge is -2.27. The smallest absolute Gasteiger partial charge is 0.314 e. The van der Waals surface area contributed by atoms with Crippen LogP contribution in [0.15, 0.2) is 36.7 Å². The molecule has 4 nitrogen and oxygen atoms in total. The first-order valence-electron chi connectivity index (χ1n) is 15.3. The number of carbonyl (C=O) groups is 1. The molecule has 1 aliphatic carbocycles. The van der Waals surface area contributed by atoms with Gasteiger partial charge in [-0.25, -0.2) is 9.97 Å². The van der Waals surface area contributed by atoms with E-state index in [-0.39, 0.29) is 11.9 Å². The fraction of sp³-hybridized carbons (Fsp3) is 0.667. The maximum absolute atomic E-state index is 12.7. The Labute approximate surface area is 226 Å². The van der Waals surface area contributed by atoms with E-state index in [4.69, 9.17) is 4.74 Å². The Kier molecular flexibility index (Phi) is 13.7. The number of benzene rings is 1. The molecule has 1 saturated carbocycles. The van der Waals surface area contributed by atoms with Crippen LogP contribution in [0.2, 0.25) is 0 Å². The minimum atomic E-state index is -0.0724. The largest absolute Gasteiger partial charge is 0.426 e. The lowest BCUT2D eigenvalue weighted by atomic mass is 9.80. The van der Waals surface area contributed by atoms with Crippen molar-refractivity contribution in [3.63, 3.8) is 0 Å². The molecule has 204 valence electrons. The van der Waals surface area contributed by atoms with Gasteiger partial charge < -0.3 is 4.74 Å². The second-order valence-corrected chi connectivity index (χ2v) is 11.2. The van der Waals surface area contributed by atoms with Crippen LogP contribution in [-0.2, 0) is 11.2 Å². The van der Waals surface area contributed by atoms with Gasteiger partial charge in [-0.05, 0) is 74.3 Å². The molecular weight excluding hydrogens is 456 g/mol. The van der Waals surface area contributed by atoms with Crippen LogP contribution in [0, 0.1) is 11.8 Å². The highest BCUT2D eigenvalue weighted by atomic mass is 16.5. The Balaban J connectivity index is 1.35. The number of unbranched alkanes of at least 4 members (excludes halogenated alkanes) is 10. The number of ether oxygens (including phenoxy) is 1. The van der Waals surface area contributed by atoms with Crippen molar-refractivity contribution in [3.05, 3.63) is 42.2 Å². The standard InChI is InChI=1S/C33H50N2O2/c1-3-5-7-8-9-10-11-12-14-16-28-25-34-32(35-26-28)29-21-23-31(24-22-29)37-33(36)30-19-17-27(18-20-30)15-13-6-4-2/h21-27,30H,3-20H2,1-2H3/t27-,30-. The van der Waals surface area contributed by atoms with Crippen molar-refractivity contribution < 1.29 is 9.53 Å². The Morgan fingerprint density at radius 3 is 1.95 bits per heavy atom. The molecule has 0 radical (unpaired) electrons. The van der Waals surface area contributed by atoms with Crippen LogP contribution in [0.3, 0.4) is 0 Å². The number of carbonyl (C=O) groups excluding carboxylic acids is 1. The summed E-state index contributed by atoms with van der Waals surface area (Å²) in [6, 6.07) is 7.62. The van der Waals surface area contributed by atoms with Crippen LogP contribution < -0.4 is 4.74 Å². The van der Waals surface area contributed by atoms with E-state index in [0.717, 1.165) is 49.4 Å². The summed E-state index contributed by atoms with van der Waals surface area (Å²) in [5.41, 5.74) is 2.15. The number of aromatic nitrogens is 2. The molecule has 3 rings (SSSR count). The molecule has 2 aromatic rings. The lowest BCUT2D eigenvalue weighted by Crippen LogP contribution is -2.25. The summed E-state index contributed by atoms with van der Waals surface area (Å²) < 4.78 is 5.71. The van der Waals surface area contributed by atoms with Crippen LogP contribution in [0.4, 0.5) is 0 Å². The van der Waals surface area contributed by atoms with E-state index >= 15 is 0 Å². The van der Waals surface area contributed by atoms with Crippen molar-refractivity contribution in [2.24, 2.45) is 11.8 Å². The zero-order chi connectivity index (χ0) is 26.1.